The minimum atomic E-state index is -3.85. The van der Waals surface area contributed by atoms with Crippen molar-refractivity contribution in [2.45, 2.75) is 23.6 Å². The molecule has 0 radical (unpaired) electrons. The Labute approximate surface area is 111 Å². The zero-order valence-corrected chi connectivity index (χ0v) is 11.4. The van der Waals surface area contributed by atoms with Crippen LogP contribution in [0.4, 0.5) is 0 Å². The Morgan fingerprint density at radius 1 is 0.947 bits per heavy atom. The lowest BCUT2D eigenvalue weighted by Crippen LogP contribution is -2.03. The van der Waals surface area contributed by atoms with Gasteiger partial charge < -0.3 is 10.2 Å². The average Bonchev–Trinajstić information content (AvgIpc) is 2.31. The molecule has 0 aliphatic heterocycles. The van der Waals surface area contributed by atoms with E-state index < -0.39 is 21.3 Å². The summed E-state index contributed by atoms with van der Waals surface area (Å²) in [4.78, 5) is -0.191. The molecule has 0 saturated carbocycles. The fourth-order valence-corrected chi connectivity index (χ4v) is 3.50. The van der Waals surface area contributed by atoms with Crippen LogP contribution < -0.4 is 0 Å². The minimum Gasteiger partial charge on any atom is -0.504 e. The first kappa shape index (κ1) is 13.4. The highest BCUT2D eigenvalue weighted by molar-refractivity contribution is 7.91. The van der Waals surface area contributed by atoms with E-state index in [2.05, 4.69) is 0 Å². The molecule has 2 N–H and O–H groups in total. The van der Waals surface area contributed by atoms with E-state index in [4.69, 9.17) is 0 Å². The lowest BCUT2D eigenvalue weighted by atomic mass is 10.2. The predicted molar refractivity (Wildman–Crippen MR) is 71.1 cm³/mol. The first-order valence-corrected chi connectivity index (χ1v) is 7.15. The highest BCUT2D eigenvalue weighted by atomic mass is 32.2. The number of benzene rings is 2. The summed E-state index contributed by atoms with van der Waals surface area (Å²) in [6.45, 7) is 3.60. The minimum absolute atomic E-state index is 0.103. The summed E-state index contributed by atoms with van der Waals surface area (Å²) in [5, 5.41) is 19.1. The van der Waals surface area contributed by atoms with Gasteiger partial charge in [0.05, 0.1) is 4.90 Å². The molecule has 0 atom stereocenters. The third kappa shape index (κ3) is 2.42. The summed E-state index contributed by atoms with van der Waals surface area (Å²) in [6, 6.07) is 8.81. The highest BCUT2D eigenvalue weighted by Crippen LogP contribution is 2.35. The van der Waals surface area contributed by atoms with Gasteiger partial charge in [0, 0.05) is 0 Å². The van der Waals surface area contributed by atoms with Crippen molar-refractivity contribution in [3.63, 3.8) is 0 Å². The number of phenolic OH excluding ortho intramolecular Hbond substituents is 2. The number of hydrogen-bond donors (Lipinski definition) is 2. The normalized spacial score (nSPS) is 11.5. The maximum absolute atomic E-state index is 12.4. The molecule has 2 aromatic carbocycles. The summed E-state index contributed by atoms with van der Waals surface area (Å²) in [5.74, 6) is -1.08. The predicted octanol–water partition coefficient (Wildman–Crippen LogP) is 2.55. The van der Waals surface area contributed by atoms with Crippen LogP contribution in [0, 0.1) is 13.8 Å². The van der Waals surface area contributed by atoms with Gasteiger partial charge in [-0.1, -0.05) is 12.1 Å². The summed E-state index contributed by atoms with van der Waals surface area (Å²) >= 11 is 0. The number of para-hydroxylation sites is 1. The van der Waals surface area contributed by atoms with Crippen LogP contribution in [0.15, 0.2) is 46.2 Å². The fourth-order valence-electron chi connectivity index (χ4n) is 1.94. The fraction of sp³-hybridized carbons (Fsp3) is 0.143. The molecule has 0 bridgehead atoms. The zero-order chi connectivity index (χ0) is 14.2. The topological polar surface area (TPSA) is 74.6 Å². The van der Waals surface area contributed by atoms with Gasteiger partial charge in [0.25, 0.3) is 0 Å². The Kier molecular flexibility index (Phi) is 3.24. The van der Waals surface area contributed by atoms with Crippen molar-refractivity contribution < 1.29 is 18.6 Å². The molecule has 0 aromatic heterocycles. The molecule has 2 aromatic rings. The van der Waals surface area contributed by atoms with Gasteiger partial charge >= 0.3 is 0 Å². The molecule has 5 heteroatoms. The van der Waals surface area contributed by atoms with Crippen LogP contribution in [-0.4, -0.2) is 18.6 Å². The van der Waals surface area contributed by atoms with E-state index in [1.54, 1.807) is 13.8 Å². The molecule has 0 saturated heterocycles. The Bertz CT molecular complexity index is 713. The second-order valence-electron chi connectivity index (χ2n) is 4.45. The molecule has 0 amide bonds. The Morgan fingerprint density at radius 3 is 2.11 bits per heavy atom. The molecule has 2 rings (SSSR count). The molecule has 100 valence electrons. The molecule has 0 aliphatic carbocycles. The summed E-state index contributed by atoms with van der Waals surface area (Å²) < 4.78 is 24.9. The van der Waals surface area contributed by atoms with Gasteiger partial charge in [-0.3, -0.25) is 0 Å². The molecule has 0 aliphatic rings. The molecule has 0 heterocycles. The van der Waals surface area contributed by atoms with E-state index in [9.17, 15) is 18.6 Å². The Morgan fingerprint density at radius 2 is 1.53 bits per heavy atom. The first-order chi connectivity index (χ1) is 8.82. The first-order valence-electron chi connectivity index (χ1n) is 5.66. The van der Waals surface area contributed by atoms with E-state index in [1.165, 1.54) is 30.3 Å². The summed E-state index contributed by atoms with van der Waals surface area (Å²) in [6.07, 6.45) is 0. The number of sulfone groups is 1. The van der Waals surface area contributed by atoms with Crippen molar-refractivity contribution in [2.24, 2.45) is 0 Å². The summed E-state index contributed by atoms with van der Waals surface area (Å²) in [7, 11) is -3.85. The monoisotopic (exact) mass is 278 g/mol. The van der Waals surface area contributed by atoms with Crippen molar-refractivity contribution in [1.29, 1.82) is 0 Å². The highest BCUT2D eigenvalue weighted by Gasteiger charge is 2.23. The third-order valence-electron chi connectivity index (χ3n) is 2.77. The van der Waals surface area contributed by atoms with E-state index in [1.807, 2.05) is 6.07 Å². The van der Waals surface area contributed by atoms with E-state index in [0.29, 0.717) is 0 Å². The zero-order valence-electron chi connectivity index (χ0n) is 10.6. The molecule has 19 heavy (non-hydrogen) atoms. The van der Waals surface area contributed by atoms with Gasteiger partial charge in [0.15, 0.2) is 11.5 Å². The number of aromatic hydroxyl groups is 2. The van der Waals surface area contributed by atoms with Crippen molar-refractivity contribution in [3.8, 4) is 11.5 Å². The Balaban J connectivity index is 2.69. The van der Waals surface area contributed by atoms with Gasteiger partial charge in [-0.25, -0.2) is 8.42 Å². The van der Waals surface area contributed by atoms with Crippen LogP contribution >= 0.6 is 0 Å². The Hall–Kier alpha value is -2.01. The van der Waals surface area contributed by atoms with Crippen LogP contribution in [-0.2, 0) is 9.84 Å². The van der Waals surface area contributed by atoms with Crippen LogP contribution in [0.25, 0.3) is 0 Å². The van der Waals surface area contributed by atoms with Crippen molar-refractivity contribution in [2.75, 3.05) is 0 Å². The lowest BCUT2D eigenvalue weighted by molar-refractivity contribution is 0.393. The van der Waals surface area contributed by atoms with Crippen molar-refractivity contribution in [1.82, 2.24) is 0 Å². The molecular formula is C14H14O4S. The average molecular weight is 278 g/mol. The van der Waals surface area contributed by atoms with Gasteiger partial charge in [-0.2, -0.15) is 0 Å². The van der Waals surface area contributed by atoms with Gasteiger partial charge in [0.2, 0.25) is 9.84 Å². The number of rotatable bonds is 2. The van der Waals surface area contributed by atoms with Gasteiger partial charge in [-0.15, -0.1) is 0 Å². The largest absolute Gasteiger partial charge is 0.504 e. The van der Waals surface area contributed by atoms with E-state index in [0.717, 1.165) is 11.1 Å². The molecule has 0 unspecified atom stereocenters. The van der Waals surface area contributed by atoms with Crippen LogP contribution in [0.5, 0.6) is 11.5 Å². The quantitative estimate of drug-likeness (QED) is 0.828. The standard InChI is InChI=1S/C14H14O4S/c1-9-6-10(2)8-11(7-9)19(17,18)13-5-3-4-12(15)14(13)16/h3-8,15-16H,1-2H3. The third-order valence-corrected chi connectivity index (χ3v) is 4.54. The maximum Gasteiger partial charge on any atom is 0.210 e. The second-order valence-corrected chi connectivity index (χ2v) is 6.37. The maximum atomic E-state index is 12.4. The van der Waals surface area contributed by atoms with Gasteiger partial charge in [0.1, 0.15) is 4.90 Å². The molecule has 0 fully saturated rings. The summed E-state index contributed by atoms with van der Waals surface area (Å²) in [5.41, 5.74) is 1.64. The van der Waals surface area contributed by atoms with Crippen LogP contribution in [0.3, 0.4) is 0 Å². The number of hydrogen-bond acceptors (Lipinski definition) is 4. The number of aryl methyl sites for hydroxylation is 2. The van der Waals surface area contributed by atoms with E-state index >= 15 is 0 Å². The van der Waals surface area contributed by atoms with Crippen LogP contribution in [0.1, 0.15) is 11.1 Å². The molecular weight excluding hydrogens is 264 g/mol. The number of phenols is 2. The smallest absolute Gasteiger partial charge is 0.210 e. The van der Waals surface area contributed by atoms with Crippen LogP contribution in [0.2, 0.25) is 0 Å². The second kappa shape index (κ2) is 4.59. The van der Waals surface area contributed by atoms with Crippen molar-refractivity contribution in [3.05, 3.63) is 47.5 Å². The lowest BCUT2D eigenvalue weighted by Gasteiger charge is -2.09. The van der Waals surface area contributed by atoms with E-state index in [-0.39, 0.29) is 9.79 Å². The molecule has 4 nitrogen and oxygen atoms in total. The molecule has 0 spiro atoms. The van der Waals surface area contributed by atoms with Gasteiger partial charge in [-0.05, 0) is 49.2 Å². The SMILES string of the molecule is Cc1cc(C)cc(S(=O)(=O)c2cccc(O)c2O)c1. The van der Waals surface area contributed by atoms with Crippen molar-refractivity contribution >= 4 is 9.84 Å².